The molecule has 52 heteroatoms. The van der Waals surface area contributed by atoms with Gasteiger partial charge in [0.15, 0.2) is 29.1 Å². The fourth-order valence-corrected chi connectivity index (χ4v) is 18.3. The highest BCUT2D eigenvalue weighted by Gasteiger charge is 2.53. The molecule has 4 aromatic carbocycles. The number of nitrogens with one attached hydrogen (secondary N) is 4. The van der Waals surface area contributed by atoms with E-state index < -0.39 is 42.8 Å². The van der Waals surface area contributed by atoms with Crippen LogP contribution in [-0.4, -0.2) is 226 Å². The van der Waals surface area contributed by atoms with E-state index in [1.54, 1.807) is 69.5 Å². The van der Waals surface area contributed by atoms with E-state index in [0.717, 1.165) is 69.6 Å². The number of thiocarbonyl (C=S) groups is 1. The van der Waals surface area contributed by atoms with Crippen molar-refractivity contribution < 1.29 is 100 Å². The average Bonchev–Trinajstić information content (AvgIpc) is 1.31. The number of aryl methyl sites for hydroxylation is 4. The van der Waals surface area contributed by atoms with Gasteiger partial charge in [-0.25, -0.2) is 89.7 Å². The minimum atomic E-state index is -0.882. The van der Waals surface area contributed by atoms with E-state index in [1.165, 1.54) is 55.6 Å². The fourth-order valence-electron chi connectivity index (χ4n) is 16.0. The van der Waals surface area contributed by atoms with Crippen molar-refractivity contribution in [2.45, 2.75) is 213 Å². The Hall–Kier alpha value is -9.42. The maximum absolute atomic E-state index is 14.3. The van der Waals surface area contributed by atoms with Gasteiger partial charge in [-0.3, -0.25) is 29.5 Å². The number of hydroxylamine groups is 3. The summed E-state index contributed by atoms with van der Waals surface area (Å²) in [7, 11) is 3.68. The first-order chi connectivity index (χ1) is 68.9. The molecule has 820 valence electrons. The number of rotatable bonds is 25. The molecule has 0 bridgehead atoms. The molecule has 0 saturated carbocycles. The molecule has 0 radical (unpaired) electrons. The Bertz CT molecular complexity index is 6250. The molecule has 19 N–H and O–H groups in total. The zero-order chi connectivity index (χ0) is 106. The summed E-state index contributed by atoms with van der Waals surface area (Å²) in [5, 5.41) is 47.1. The van der Waals surface area contributed by atoms with Gasteiger partial charge in [0.25, 0.3) is 0 Å². The van der Waals surface area contributed by atoms with Gasteiger partial charge in [-0.2, -0.15) is 54.0 Å². The van der Waals surface area contributed by atoms with E-state index in [1.807, 2.05) is 81.4 Å². The molecule has 0 aliphatic carbocycles. The largest absolute Gasteiger partial charge is 0.514 e. The minimum Gasteiger partial charge on any atom is -0.481 e. The predicted octanol–water partition coefficient (Wildman–Crippen LogP) is 12.2. The molecule has 7 aliphatic heterocycles. The molecule has 150 heavy (non-hydrogen) atoms. The number of halogens is 7. The van der Waals surface area contributed by atoms with E-state index in [9.17, 15) is 27.8 Å². The highest BCUT2D eigenvalue weighted by molar-refractivity contribution is 9.11. The quantitative estimate of drug-likeness (QED) is 0.00831. The molecular weight excluding hydrogens is 2240 g/mol. The number of hydrogen-bond acceptors (Lipinski definition) is 39. The lowest BCUT2D eigenvalue weighted by Gasteiger charge is -2.32. The highest BCUT2D eigenvalue weighted by atomic mass is 79.9. The van der Waals surface area contributed by atoms with Crippen molar-refractivity contribution in [1.82, 2.24) is 71.6 Å². The van der Waals surface area contributed by atoms with Gasteiger partial charge < -0.3 is 96.4 Å². The summed E-state index contributed by atoms with van der Waals surface area (Å²) < 4.78 is 101. The monoisotopic (exact) mass is 2370 g/mol. The molecule has 0 spiro atoms. The van der Waals surface area contributed by atoms with Gasteiger partial charge in [0.1, 0.15) is 28.3 Å². The number of ether oxygens (including phenoxy) is 6. The third-order valence-corrected chi connectivity index (χ3v) is 26.0. The molecule has 10 aromatic rings. The molecule has 0 amide bonds. The maximum atomic E-state index is 14.3. The summed E-state index contributed by atoms with van der Waals surface area (Å²) in [6, 6.07) is 27.8. The number of benzene rings is 4. The van der Waals surface area contributed by atoms with Crippen molar-refractivity contribution >= 4 is 173 Å². The maximum Gasteiger partial charge on any atom is 0.514 e. The van der Waals surface area contributed by atoms with Crippen LogP contribution in [0.2, 0.25) is 0 Å². The van der Waals surface area contributed by atoms with E-state index in [2.05, 4.69) is 124 Å². The van der Waals surface area contributed by atoms with Gasteiger partial charge in [-0.15, -0.1) is 0 Å². The van der Waals surface area contributed by atoms with Crippen molar-refractivity contribution in [2.24, 2.45) is 20.9 Å². The van der Waals surface area contributed by atoms with Gasteiger partial charge in [-0.1, -0.05) is 104 Å². The van der Waals surface area contributed by atoms with Crippen LogP contribution in [-0.2, 0) is 73.3 Å². The Balaban J connectivity index is 0.000000279. The van der Waals surface area contributed by atoms with Crippen molar-refractivity contribution in [3.05, 3.63) is 236 Å². The first-order valence-electron chi connectivity index (χ1n) is 46.2. The summed E-state index contributed by atoms with van der Waals surface area (Å²) in [4.78, 5) is 79.2. The van der Waals surface area contributed by atoms with Crippen LogP contribution in [0.15, 0.2) is 138 Å². The normalized spacial score (nSPS) is 18.5. The molecule has 3 fully saturated rings. The van der Waals surface area contributed by atoms with Crippen molar-refractivity contribution in [3.63, 3.8) is 0 Å². The number of aromatic nitrogens is 10. The molecule has 13 heterocycles. The number of pyridine rings is 2. The lowest BCUT2D eigenvalue weighted by atomic mass is 9.84. The van der Waals surface area contributed by atoms with E-state index >= 15 is 0 Å². The Kier molecular flexibility index (Phi) is 51.1. The number of amidine groups is 3. The van der Waals surface area contributed by atoms with Crippen LogP contribution in [0.5, 0.6) is 11.8 Å². The molecule has 0 unspecified atom stereocenters. The third-order valence-electron chi connectivity index (χ3n) is 23.7. The van der Waals surface area contributed by atoms with Crippen LogP contribution < -0.4 is 65.7 Å². The van der Waals surface area contributed by atoms with E-state index in [-0.39, 0.29) is 183 Å². The van der Waals surface area contributed by atoms with E-state index in [4.69, 9.17) is 124 Å². The van der Waals surface area contributed by atoms with Gasteiger partial charge in [0.05, 0.1) is 206 Å². The lowest BCUT2D eigenvalue weighted by molar-refractivity contribution is -0.141. The summed E-state index contributed by atoms with van der Waals surface area (Å²) in [6.45, 7) is 24.7. The molecule has 3 saturated heterocycles. The second kappa shape index (κ2) is 59.3. The van der Waals surface area contributed by atoms with Crippen LogP contribution in [0.1, 0.15) is 203 Å². The third kappa shape index (κ3) is 35.3. The van der Waals surface area contributed by atoms with Crippen LogP contribution in [0, 0.1) is 51.0 Å². The average molecular weight is 2380 g/mol. The SMILES string of the molecule is C.CC1(C)OC[C@H](CCON)O1.CO.COc1cccc(-c2cc(F)ccc2[C@H]2Cc3nc(N)nc(C)c3C(NOCC[C@H](O)CO)=N2)n1.COc1cccc(B2OC(C)(C)C(C)(C)O2)n1.Cc1nc(N)nc2c1C(=S)N[C@@H](c1ccc(F)cc1Br)C2.Cc1nc(N)nc2c1C(NOCC[C@H](O)CO)=N[C@@H](c1ccc(F)cc1Br)C2.Cc1nc(N)nc2c1C(NOCC[C@H]1COC(C)(C)O1)=N[C@@H](c1ccc(F)cc1Br)C2.S.S.S.S. The number of fused-ring (bicyclic) bond motifs is 4. The summed E-state index contributed by atoms with van der Waals surface area (Å²) >= 11 is 15.6. The lowest BCUT2D eigenvalue weighted by Crippen LogP contribution is -2.41. The smallest absolute Gasteiger partial charge is 0.481 e. The Morgan fingerprint density at radius 3 is 1.21 bits per heavy atom. The first kappa shape index (κ1) is 129. The second-order valence-corrected chi connectivity index (χ2v) is 38.7. The Morgan fingerprint density at radius 2 is 0.827 bits per heavy atom. The number of nitrogens with two attached hydrogens (primary N) is 5. The fraction of sp³-hybridized carbons (Fsp3) is 0.449. The van der Waals surface area contributed by atoms with Crippen molar-refractivity contribution in [3.8, 4) is 23.0 Å². The van der Waals surface area contributed by atoms with Crippen LogP contribution >= 0.6 is 114 Å². The van der Waals surface area contributed by atoms with Gasteiger partial charge >= 0.3 is 7.12 Å². The number of aliphatic imine (C=N–C) groups is 3. The Labute approximate surface area is 928 Å². The predicted molar refractivity (Wildman–Crippen MR) is 598 cm³/mol. The first-order valence-corrected chi connectivity index (χ1v) is 48.9. The number of aliphatic hydroxyl groups is 5. The Morgan fingerprint density at radius 1 is 0.473 bits per heavy atom. The van der Waals surface area contributed by atoms with Crippen LogP contribution in [0.4, 0.5) is 41.4 Å². The molecule has 8 atom stereocenters. The number of anilines is 4. The molecule has 6 aromatic heterocycles. The van der Waals surface area contributed by atoms with Crippen LogP contribution in [0.3, 0.4) is 0 Å². The number of nitrogens with zero attached hydrogens (tertiary/aromatic N) is 13. The van der Waals surface area contributed by atoms with Crippen LogP contribution in [0.25, 0.3) is 11.3 Å². The minimum absolute atomic E-state index is 0. The second-order valence-electron chi connectivity index (χ2n) is 35.7. The summed E-state index contributed by atoms with van der Waals surface area (Å²) in [5.41, 5.74) is 45.1. The molecule has 17 rings (SSSR count). The van der Waals surface area contributed by atoms with Gasteiger partial charge in [0.2, 0.25) is 35.6 Å². The number of aliphatic hydroxyl groups excluding tert-OH is 5. The van der Waals surface area contributed by atoms with Gasteiger partial charge in [-0.05, 0) is 166 Å². The van der Waals surface area contributed by atoms with E-state index in [0.29, 0.717) is 157 Å². The zero-order valence-corrected chi connectivity index (χ0v) is 94.4. The highest BCUT2D eigenvalue weighted by Crippen LogP contribution is 2.42. The molecular formula is C98H134BBr3F4N22O17S5. The van der Waals surface area contributed by atoms with Crippen molar-refractivity contribution in [2.75, 3.05) is 97.1 Å². The standard InChI is InChI=1S/C24H27FN6O4.C21H25BrFN5O3.C18H21BrFN5O3.C14H12BrFN4S.C12H18BNO3.C7H15NO3.CH4O.CH4.4H2S/c1-13-22-20(30-24(26)27-13)11-19(29-23(22)31-35-9-8-15(33)12-32)16-7-6-14(25)10-17(16)18-4-3-5-21(28-18)34-2;1-11-18-17(27-20(24)25-11)9-16(14-5-4-12(23)8-15(14)22)26-19(18)28-30-7-6-13-10-29-21(2,3)31-13;1-9-16-15(24-18(21)22-9)7-14(12-3-2-10(20)6-13(12)19)23-17(16)25-28-5-4-11(27)8-26;1-6-12-11(20-14(17)18-6)5-10(19-13(12)21)8-3-2-7(16)4-9(8)15;1-11(2)12(3,4)17-13(16-11)9-7-6-8-10(14-9)15-5;1-7(2)9-5-6(11-7)3-4-10-8;1-2;;;;;/h3-7,10,15,19,32-33H,8-9,11-12H2,1-2H3,(H,29,31)(H2,26,27,30);4-5,8,13,16H,6-7,9-10H2,1-3H3,(H,26,28)(H2,24,25,27);2-3,6,11,14,26-27H,4-5,7-8H2,1H3,(H,23,25)(H2,21,22,24);2-4,10H,5H2,1H3,(H,19,21)(H2,17,18,20);6-8H,1-5H3;6H,3-5,8H2,1-2H3;2H,1H3;1H4;4*1H2/t15-,19+;13-,16+;11-,14+;10-;;6-;;;;;;/m0001.0....../s1. The molecule has 7 aliphatic rings. The zero-order valence-electron chi connectivity index (χ0n) is 84.8. The molecule has 39 nitrogen and oxygen atoms in total. The number of methoxy groups -OCH3 is 2. The summed E-state index contributed by atoms with van der Waals surface area (Å²) in [6.07, 6.45) is 2.33. The number of hydrogen-bond donors (Lipinski definition) is 14. The topological polar surface area (TPSA) is 556 Å². The van der Waals surface area contributed by atoms with Crippen molar-refractivity contribution in [1.29, 1.82) is 0 Å². The number of nitrogen functional groups attached to an aromatic ring is 4. The van der Waals surface area contributed by atoms with Gasteiger partial charge in [0, 0.05) is 89.6 Å². The summed E-state index contributed by atoms with van der Waals surface area (Å²) in [5.74, 6) is 5.60.